The van der Waals surface area contributed by atoms with Gasteiger partial charge in [-0.05, 0) is 104 Å². The Labute approximate surface area is 300 Å². The molecule has 2 aliphatic heterocycles. The fraction of sp³-hybridized carbons (Fsp3) is 0.275. The second-order valence-electron chi connectivity index (χ2n) is 13.6. The molecule has 0 radical (unpaired) electrons. The highest BCUT2D eigenvalue weighted by molar-refractivity contribution is 8.00. The lowest BCUT2D eigenvalue weighted by atomic mass is 9.68. The number of hydrogen-bond acceptors (Lipinski definition) is 7. The van der Waals surface area contributed by atoms with Gasteiger partial charge < -0.3 is 19.8 Å². The van der Waals surface area contributed by atoms with Gasteiger partial charge in [0.05, 0.1) is 21.1 Å². The van der Waals surface area contributed by atoms with Gasteiger partial charge in [0.25, 0.3) is 11.8 Å². The van der Waals surface area contributed by atoms with E-state index < -0.39 is 5.82 Å². The normalized spacial score (nSPS) is 16.2. The molecular weight excluding hydrogens is 666 g/mol. The van der Waals surface area contributed by atoms with Gasteiger partial charge in [-0.25, -0.2) is 9.37 Å². The van der Waals surface area contributed by atoms with E-state index in [1.165, 1.54) is 49.5 Å². The number of benzene rings is 3. The summed E-state index contributed by atoms with van der Waals surface area (Å²) in [5.74, 6) is 0.148. The molecule has 1 saturated heterocycles. The summed E-state index contributed by atoms with van der Waals surface area (Å²) >= 11 is 2.92. The van der Waals surface area contributed by atoms with E-state index in [0.717, 1.165) is 51.2 Å². The number of hydrogen-bond donors (Lipinski definition) is 2. The third-order valence-corrected chi connectivity index (χ3v) is 12.3. The Bertz CT molecular complexity index is 2050. The number of carbonyl (C=O) groups is 2. The topological polar surface area (TPSA) is 77.6 Å². The van der Waals surface area contributed by atoms with E-state index in [2.05, 4.69) is 21.0 Å². The van der Waals surface area contributed by atoms with Crippen LogP contribution in [0.15, 0.2) is 96.0 Å². The van der Waals surface area contributed by atoms with E-state index in [4.69, 9.17) is 4.98 Å². The predicted molar refractivity (Wildman–Crippen MR) is 202 cm³/mol. The van der Waals surface area contributed by atoms with E-state index >= 15 is 0 Å². The third-order valence-electron chi connectivity index (χ3n) is 10.2. The Balaban J connectivity index is 0.952. The van der Waals surface area contributed by atoms with E-state index in [9.17, 15) is 14.0 Å². The summed E-state index contributed by atoms with van der Waals surface area (Å²) in [6.07, 6.45) is 9.17. The van der Waals surface area contributed by atoms with Gasteiger partial charge in [-0.15, -0.1) is 11.3 Å². The van der Waals surface area contributed by atoms with Crippen LogP contribution < -0.4 is 19.8 Å². The van der Waals surface area contributed by atoms with Crippen molar-refractivity contribution in [2.75, 3.05) is 39.5 Å². The van der Waals surface area contributed by atoms with Crippen LogP contribution in [0.1, 0.15) is 63.3 Å². The number of rotatable bonds is 7. The van der Waals surface area contributed by atoms with Crippen LogP contribution in [0.2, 0.25) is 0 Å². The maximum absolute atomic E-state index is 14.4. The van der Waals surface area contributed by atoms with Crippen molar-refractivity contribution in [2.24, 2.45) is 5.41 Å². The van der Waals surface area contributed by atoms with Gasteiger partial charge in [0.2, 0.25) is 0 Å². The zero-order valence-electron chi connectivity index (χ0n) is 27.9. The van der Waals surface area contributed by atoms with Crippen molar-refractivity contribution in [3.63, 3.8) is 0 Å². The summed E-state index contributed by atoms with van der Waals surface area (Å²) in [7, 11) is 0. The van der Waals surface area contributed by atoms with Crippen LogP contribution in [-0.4, -0.2) is 36.4 Å². The van der Waals surface area contributed by atoms with Crippen molar-refractivity contribution in [3.05, 3.63) is 119 Å². The van der Waals surface area contributed by atoms with E-state index in [1.54, 1.807) is 31.0 Å². The molecule has 7 nitrogen and oxygen atoms in total. The van der Waals surface area contributed by atoms with Crippen molar-refractivity contribution < 1.29 is 14.0 Å². The lowest BCUT2D eigenvalue weighted by Crippen LogP contribution is -2.57. The van der Waals surface area contributed by atoms with Crippen molar-refractivity contribution in [2.45, 2.75) is 50.3 Å². The lowest BCUT2D eigenvalue weighted by Gasteiger charge is -2.53. The summed E-state index contributed by atoms with van der Waals surface area (Å²) in [5, 5.41) is 2.76. The van der Waals surface area contributed by atoms with Gasteiger partial charge in [0.1, 0.15) is 11.6 Å². The van der Waals surface area contributed by atoms with Crippen LogP contribution in [-0.2, 0) is 6.42 Å². The molecule has 2 N–H and O–H groups in total. The molecule has 1 saturated carbocycles. The highest BCUT2D eigenvalue weighted by Gasteiger charge is 2.44. The first-order valence-corrected chi connectivity index (χ1v) is 18.8. The largest absolute Gasteiger partial charge is 0.354 e. The van der Waals surface area contributed by atoms with Crippen molar-refractivity contribution >= 4 is 58.0 Å². The Morgan fingerprint density at radius 1 is 0.940 bits per heavy atom. The predicted octanol–water partition coefficient (Wildman–Crippen LogP) is 9.60. The van der Waals surface area contributed by atoms with Crippen molar-refractivity contribution in [1.82, 2.24) is 4.98 Å². The number of aryl methyl sites for hydroxylation is 1. The second kappa shape index (κ2) is 13.6. The maximum atomic E-state index is 14.4. The van der Waals surface area contributed by atoms with Gasteiger partial charge >= 0.3 is 0 Å². The van der Waals surface area contributed by atoms with Crippen LogP contribution in [0.5, 0.6) is 0 Å². The Kier molecular flexibility index (Phi) is 8.83. The lowest BCUT2D eigenvalue weighted by molar-refractivity contribution is 0.0985. The standard InChI is InChI=1S/C40H38FN5O2S2/c1-26-9-7-11-31(41)35(26)43-38(47)34-23-28-18-22-46(32-12-4-3-10-30(32)36(28)49-34)39(48)27-14-16-29(17-15-27)44-50-33-13-8-21-42-37(33)45-24-40(25-45)19-5-2-6-20-40/h3-4,7-17,21,23,44H,2,5-6,18-20,22,24-25H2,1H3,(H,43,47). The number of anilines is 4. The summed E-state index contributed by atoms with van der Waals surface area (Å²) in [6.45, 7) is 4.41. The number of pyridine rings is 1. The highest BCUT2D eigenvalue weighted by atomic mass is 32.2. The minimum atomic E-state index is -0.463. The monoisotopic (exact) mass is 703 g/mol. The molecule has 4 heterocycles. The van der Waals surface area contributed by atoms with Gasteiger partial charge in [0.15, 0.2) is 0 Å². The third kappa shape index (κ3) is 6.26. The van der Waals surface area contributed by atoms with Crippen molar-refractivity contribution in [1.29, 1.82) is 0 Å². The summed E-state index contributed by atoms with van der Waals surface area (Å²) in [5.41, 5.74) is 5.54. The summed E-state index contributed by atoms with van der Waals surface area (Å²) in [4.78, 5) is 38.7. The zero-order chi connectivity index (χ0) is 34.2. The average molecular weight is 704 g/mol. The number of halogens is 1. The molecule has 50 heavy (non-hydrogen) atoms. The second-order valence-corrected chi connectivity index (χ2v) is 15.5. The molecule has 10 heteroatoms. The first kappa shape index (κ1) is 32.5. The van der Waals surface area contributed by atoms with Crippen LogP contribution in [0.3, 0.4) is 0 Å². The quantitative estimate of drug-likeness (QED) is 0.165. The number of thiophene rings is 1. The molecular formula is C40H38FN5O2S2. The number of nitrogens with zero attached hydrogens (tertiary/aromatic N) is 3. The molecule has 5 aromatic rings. The Morgan fingerprint density at radius 2 is 1.74 bits per heavy atom. The molecule has 2 aromatic heterocycles. The molecule has 2 amide bonds. The summed E-state index contributed by atoms with van der Waals surface area (Å²) in [6, 6.07) is 26.1. The number of para-hydroxylation sites is 2. The van der Waals surface area contributed by atoms with Gasteiger partial charge in [0, 0.05) is 52.9 Å². The zero-order valence-corrected chi connectivity index (χ0v) is 29.5. The minimum Gasteiger partial charge on any atom is -0.354 e. The smallest absolute Gasteiger partial charge is 0.265 e. The van der Waals surface area contributed by atoms with Crippen LogP contribution in [0.25, 0.3) is 10.4 Å². The fourth-order valence-electron chi connectivity index (χ4n) is 7.57. The van der Waals surface area contributed by atoms with Crippen LogP contribution in [0, 0.1) is 18.2 Å². The molecule has 0 unspecified atom stereocenters. The van der Waals surface area contributed by atoms with E-state index in [-0.39, 0.29) is 17.5 Å². The average Bonchev–Trinajstić information content (AvgIpc) is 3.50. The number of aromatic nitrogens is 1. The molecule has 254 valence electrons. The van der Waals surface area contributed by atoms with Crippen LogP contribution in [0.4, 0.5) is 27.3 Å². The Morgan fingerprint density at radius 3 is 2.54 bits per heavy atom. The maximum Gasteiger partial charge on any atom is 0.265 e. The Hall–Kier alpha value is -4.67. The molecule has 0 bridgehead atoms. The highest BCUT2D eigenvalue weighted by Crippen LogP contribution is 2.47. The van der Waals surface area contributed by atoms with E-state index in [0.29, 0.717) is 34.4 Å². The number of fused-ring (bicyclic) bond motifs is 3. The van der Waals surface area contributed by atoms with Crippen LogP contribution >= 0.6 is 23.3 Å². The first-order valence-electron chi connectivity index (χ1n) is 17.2. The molecule has 2 fully saturated rings. The SMILES string of the molecule is Cc1cccc(F)c1NC(=O)c1cc2c(s1)-c1ccccc1N(C(=O)c1ccc(NSc3cccnc3N3CC4(CCCCC4)C3)cc1)CC2. The molecule has 1 spiro atoms. The van der Waals surface area contributed by atoms with E-state index in [1.807, 2.05) is 71.8 Å². The number of amides is 2. The minimum absolute atomic E-state index is 0.0798. The molecule has 8 rings (SSSR count). The summed E-state index contributed by atoms with van der Waals surface area (Å²) < 4.78 is 17.9. The van der Waals surface area contributed by atoms with Gasteiger partial charge in [-0.1, -0.05) is 49.6 Å². The number of carbonyl (C=O) groups excluding carboxylic acids is 2. The molecule has 1 aliphatic carbocycles. The number of nitrogens with one attached hydrogen (secondary N) is 2. The molecule has 3 aromatic carbocycles. The first-order chi connectivity index (χ1) is 24.4. The molecule has 3 aliphatic rings. The molecule has 0 atom stereocenters. The van der Waals surface area contributed by atoms with Gasteiger partial charge in [-0.3, -0.25) is 9.59 Å². The van der Waals surface area contributed by atoms with Gasteiger partial charge in [-0.2, -0.15) is 0 Å². The fourth-order valence-corrected chi connectivity index (χ4v) is 9.49. The van der Waals surface area contributed by atoms with Crippen molar-refractivity contribution in [3.8, 4) is 10.4 Å².